The molecule has 0 amide bonds. The highest BCUT2D eigenvalue weighted by atomic mass is 16.7. The van der Waals surface area contributed by atoms with Gasteiger partial charge < -0.3 is 39.4 Å². The number of hydrogen-bond acceptors (Lipinski definition) is 9. The first-order chi connectivity index (χ1) is 32.4. The van der Waals surface area contributed by atoms with E-state index in [0.29, 0.717) is 13.0 Å². The Kier molecular flexibility index (Phi) is 45.8. The Morgan fingerprint density at radius 3 is 1.39 bits per heavy atom. The van der Waals surface area contributed by atoms with Crippen LogP contribution in [-0.4, -0.2) is 89.6 Å². The van der Waals surface area contributed by atoms with Gasteiger partial charge in [-0.25, -0.2) is 0 Å². The summed E-state index contributed by atoms with van der Waals surface area (Å²) in [5.74, 6) is -0.311. The number of aliphatic hydroxyl groups excluding tert-OH is 4. The van der Waals surface area contributed by atoms with Gasteiger partial charge in [0.05, 0.1) is 19.8 Å². The molecule has 0 spiro atoms. The van der Waals surface area contributed by atoms with Crippen molar-refractivity contribution in [2.45, 2.75) is 295 Å². The van der Waals surface area contributed by atoms with Crippen molar-refractivity contribution >= 4 is 5.97 Å². The zero-order valence-corrected chi connectivity index (χ0v) is 43.0. The molecule has 1 rings (SSSR count). The number of unbranched alkanes of at least 4 members (excludes halogenated alkanes) is 32. The van der Waals surface area contributed by atoms with E-state index in [1.807, 2.05) is 0 Å². The molecule has 9 heteroatoms. The largest absolute Gasteiger partial charge is 0.457 e. The third-order valence-electron chi connectivity index (χ3n) is 13.1. The molecule has 6 unspecified atom stereocenters. The molecule has 1 aliphatic heterocycles. The minimum Gasteiger partial charge on any atom is -0.457 e. The van der Waals surface area contributed by atoms with Crippen molar-refractivity contribution in [3.63, 3.8) is 0 Å². The Labute approximate surface area is 406 Å². The average molecular weight is 935 g/mol. The average Bonchev–Trinajstić information content (AvgIpc) is 3.32. The zero-order valence-electron chi connectivity index (χ0n) is 43.0. The molecule has 0 aromatic heterocycles. The molecular weight excluding hydrogens is 829 g/mol. The molecule has 0 aromatic carbocycles. The summed E-state index contributed by atoms with van der Waals surface area (Å²) in [4.78, 5) is 12.9. The van der Waals surface area contributed by atoms with Gasteiger partial charge in [0.25, 0.3) is 0 Å². The Balaban J connectivity index is 2.14. The summed E-state index contributed by atoms with van der Waals surface area (Å²) < 4.78 is 22.9. The predicted molar refractivity (Wildman–Crippen MR) is 275 cm³/mol. The standard InChI is InChI=1S/C57H106O9/c1-3-5-7-9-11-13-15-17-19-21-23-24-25-26-27-28-29-30-32-34-36-38-40-42-44-46-53(59)65-51(50-64-57-56(62)55(61)54(60)52(48-58)66-57)49-63-47-45-43-41-39-37-35-33-31-22-20-18-16-14-12-10-8-6-4-2/h6,8,12,14,18,20,51-52,54-58,60-62H,3-5,7,9-11,13,15-17,19,21-50H2,1-2H3/b8-6-,14-12-,20-18-. The fraction of sp³-hybridized carbons (Fsp3) is 0.877. The third kappa shape index (κ3) is 38.3. The van der Waals surface area contributed by atoms with Gasteiger partial charge in [-0.3, -0.25) is 4.79 Å². The Bertz CT molecular complexity index is 1110. The number of aliphatic hydroxyl groups is 4. The van der Waals surface area contributed by atoms with E-state index in [1.54, 1.807) is 0 Å². The quantitative estimate of drug-likeness (QED) is 0.0267. The van der Waals surface area contributed by atoms with E-state index in [9.17, 15) is 25.2 Å². The molecule has 1 saturated heterocycles. The maximum absolute atomic E-state index is 12.9. The van der Waals surface area contributed by atoms with Crippen molar-refractivity contribution in [3.05, 3.63) is 36.5 Å². The van der Waals surface area contributed by atoms with Gasteiger partial charge in [-0.2, -0.15) is 0 Å². The third-order valence-corrected chi connectivity index (χ3v) is 13.1. The van der Waals surface area contributed by atoms with Crippen LogP contribution in [0, 0.1) is 0 Å². The normalized spacial score (nSPS) is 19.5. The zero-order chi connectivity index (χ0) is 47.8. The molecule has 0 bridgehead atoms. The van der Waals surface area contributed by atoms with Crippen LogP contribution in [0.15, 0.2) is 36.5 Å². The van der Waals surface area contributed by atoms with E-state index >= 15 is 0 Å². The summed E-state index contributed by atoms with van der Waals surface area (Å²) in [6, 6.07) is 0. The molecular formula is C57H106O9. The number of ether oxygens (including phenoxy) is 4. The van der Waals surface area contributed by atoms with Crippen molar-refractivity contribution < 1.29 is 44.2 Å². The molecule has 6 atom stereocenters. The van der Waals surface area contributed by atoms with Gasteiger partial charge in [0, 0.05) is 13.0 Å². The maximum atomic E-state index is 12.9. The van der Waals surface area contributed by atoms with Gasteiger partial charge in [0.2, 0.25) is 0 Å². The van der Waals surface area contributed by atoms with Crippen LogP contribution in [0.2, 0.25) is 0 Å². The Morgan fingerprint density at radius 1 is 0.500 bits per heavy atom. The van der Waals surface area contributed by atoms with Crippen LogP contribution in [-0.2, 0) is 23.7 Å². The van der Waals surface area contributed by atoms with Crippen molar-refractivity contribution in [1.82, 2.24) is 0 Å². The molecule has 1 heterocycles. The summed E-state index contributed by atoms with van der Waals surface area (Å²) in [5.41, 5.74) is 0. The SMILES string of the molecule is CC/C=C\C/C=C\C/C=C\CCCCCCCCCCOCC(COC1OC(CO)C(O)C(O)C1O)OC(=O)CCCCCCCCCCCCCCCCCCCCCCCCCCC. The summed E-state index contributed by atoms with van der Waals surface area (Å²) in [6.07, 6.45) is 53.4. The fourth-order valence-corrected chi connectivity index (χ4v) is 8.74. The molecule has 0 radical (unpaired) electrons. The van der Waals surface area contributed by atoms with E-state index in [4.69, 9.17) is 18.9 Å². The number of esters is 1. The topological polar surface area (TPSA) is 135 Å². The highest BCUT2D eigenvalue weighted by Crippen LogP contribution is 2.23. The second-order valence-corrected chi connectivity index (χ2v) is 19.4. The number of allylic oxidation sites excluding steroid dienone is 6. The van der Waals surface area contributed by atoms with E-state index in [-0.39, 0.29) is 19.2 Å². The number of rotatable bonds is 49. The van der Waals surface area contributed by atoms with Crippen LogP contribution < -0.4 is 0 Å². The number of carbonyl (C=O) groups is 1. The molecule has 1 fully saturated rings. The predicted octanol–water partition coefficient (Wildman–Crippen LogP) is 14.3. The first-order valence-electron chi connectivity index (χ1n) is 28.1. The minimum absolute atomic E-state index is 0.113. The Morgan fingerprint density at radius 2 is 0.924 bits per heavy atom. The van der Waals surface area contributed by atoms with E-state index in [1.165, 1.54) is 180 Å². The number of hydrogen-bond donors (Lipinski definition) is 4. The van der Waals surface area contributed by atoms with Crippen molar-refractivity contribution in [1.29, 1.82) is 0 Å². The minimum atomic E-state index is -1.54. The first kappa shape index (κ1) is 62.4. The van der Waals surface area contributed by atoms with Gasteiger partial charge in [0.15, 0.2) is 6.29 Å². The van der Waals surface area contributed by atoms with Crippen LogP contribution in [0.1, 0.15) is 258 Å². The van der Waals surface area contributed by atoms with E-state index in [2.05, 4.69) is 50.3 Å². The highest BCUT2D eigenvalue weighted by molar-refractivity contribution is 5.69. The molecule has 0 aromatic rings. The summed E-state index contributed by atoms with van der Waals surface area (Å²) >= 11 is 0. The Hall–Kier alpha value is -1.59. The summed E-state index contributed by atoms with van der Waals surface area (Å²) in [7, 11) is 0. The lowest BCUT2D eigenvalue weighted by Crippen LogP contribution is -2.59. The van der Waals surface area contributed by atoms with Crippen molar-refractivity contribution in [2.24, 2.45) is 0 Å². The lowest BCUT2D eigenvalue weighted by Gasteiger charge is -2.39. The first-order valence-corrected chi connectivity index (χ1v) is 28.1. The van der Waals surface area contributed by atoms with Crippen LogP contribution in [0.4, 0.5) is 0 Å². The van der Waals surface area contributed by atoms with Gasteiger partial charge >= 0.3 is 5.97 Å². The smallest absolute Gasteiger partial charge is 0.306 e. The fourth-order valence-electron chi connectivity index (χ4n) is 8.74. The van der Waals surface area contributed by atoms with Crippen LogP contribution in [0.25, 0.3) is 0 Å². The summed E-state index contributed by atoms with van der Waals surface area (Å²) in [6.45, 7) is 4.48. The van der Waals surface area contributed by atoms with Crippen LogP contribution in [0.5, 0.6) is 0 Å². The number of carbonyl (C=O) groups excluding carboxylic acids is 1. The summed E-state index contributed by atoms with van der Waals surface area (Å²) in [5, 5.41) is 40.3. The lowest BCUT2D eigenvalue weighted by molar-refractivity contribution is -0.305. The second-order valence-electron chi connectivity index (χ2n) is 19.4. The maximum Gasteiger partial charge on any atom is 0.306 e. The molecule has 66 heavy (non-hydrogen) atoms. The van der Waals surface area contributed by atoms with Crippen molar-refractivity contribution in [3.8, 4) is 0 Å². The van der Waals surface area contributed by atoms with Crippen LogP contribution >= 0.6 is 0 Å². The molecule has 388 valence electrons. The highest BCUT2D eigenvalue weighted by Gasteiger charge is 2.44. The van der Waals surface area contributed by atoms with Crippen LogP contribution in [0.3, 0.4) is 0 Å². The molecule has 0 saturated carbocycles. The molecule has 0 aliphatic carbocycles. The second kappa shape index (κ2) is 48.4. The monoisotopic (exact) mass is 935 g/mol. The van der Waals surface area contributed by atoms with Crippen molar-refractivity contribution in [2.75, 3.05) is 26.4 Å². The van der Waals surface area contributed by atoms with Gasteiger partial charge in [-0.15, -0.1) is 0 Å². The van der Waals surface area contributed by atoms with Gasteiger partial charge in [0.1, 0.15) is 30.5 Å². The molecule has 9 nitrogen and oxygen atoms in total. The van der Waals surface area contributed by atoms with Gasteiger partial charge in [-0.05, 0) is 44.9 Å². The molecule has 4 N–H and O–H groups in total. The van der Waals surface area contributed by atoms with E-state index in [0.717, 1.165) is 57.8 Å². The van der Waals surface area contributed by atoms with E-state index < -0.39 is 43.4 Å². The lowest BCUT2D eigenvalue weighted by atomic mass is 9.99. The molecule has 1 aliphatic rings. The van der Waals surface area contributed by atoms with Gasteiger partial charge in [-0.1, -0.05) is 243 Å².